The quantitative estimate of drug-likeness (QED) is 0.384. The molecule has 0 radical (unpaired) electrons. The van der Waals surface area contributed by atoms with Crippen LogP contribution in [0.2, 0.25) is 5.02 Å². The number of alkyl halides is 3. The van der Waals surface area contributed by atoms with Crippen LogP contribution in [0.4, 0.5) is 18.9 Å². The number of hydrogen-bond donors (Lipinski definition) is 2. The molecule has 1 atom stereocenters. The number of anilines is 1. The number of amides is 2. The topological polar surface area (TPSA) is 116 Å². The van der Waals surface area contributed by atoms with Crippen LogP contribution in [0.25, 0.3) is 21.5 Å². The monoisotopic (exact) mass is 497 g/mol. The summed E-state index contributed by atoms with van der Waals surface area (Å²) in [6.45, 7) is 1.74. The van der Waals surface area contributed by atoms with Gasteiger partial charge in [-0.05, 0) is 24.6 Å². The van der Waals surface area contributed by atoms with Gasteiger partial charge < -0.3 is 15.5 Å². The Morgan fingerprint density at radius 1 is 1.39 bits per heavy atom. The minimum Gasteiger partial charge on any atom is -0.464 e. The number of nitrogens with zero attached hydrogens (tertiary/aromatic N) is 3. The molecular weight excluding hydrogens is 483 g/mol. The van der Waals surface area contributed by atoms with E-state index in [1.165, 1.54) is 35.5 Å². The zero-order valence-corrected chi connectivity index (χ0v) is 18.4. The molecule has 0 saturated carbocycles. The molecule has 172 valence electrons. The number of thiophene rings is 1. The van der Waals surface area contributed by atoms with Crippen molar-refractivity contribution in [2.75, 3.05) is 5.32 Å². The van der Waals surface area contributed by atoms with Gasteiger partial charge in [0, 0.05) is 17.1 Å². The molecule has 4 aromatic rings. The highest BCUT2D eigenvalue weighted by Gasteiger charge is 2.35. The molecule has 33 heavy (non-hydrogen) atoms. The first-order valence-corrected chi connectivity index (χ1v) is 10.7. The summed E-state index contributed by atoms with van der Waals surface area (Å²) in [5.41, 5.74) is 4.27. The molecule has 4 aromatic heterocycles. The highest BCUT2D eigenvalue weighted by Crippen LogP contribution is 2.44. The predicted octanol–water partition coefficient (Wildman–Crippen LogP) is 5.11. The summed E-state index contributed by atoms with van der Waals surface area (Å²) in [7, 11) is 0. The number of nitrogens with two attached hydrogens (primary N) is 1. The number of halogens is 4. The summed E-state index contributed by atoms with van der Waals surface area (Å²) in [6.07, 6.45) is -0.309. The molecule has 0 aliphatic carbocycles. The van der Waals surface area contributed by atoms with Crippen LogP contribution >= 0.6 is 22.9 Å². The van der Waals surface area contributed by atoms with E-state index in [4.69, 9.17) is 21.8 Å². The SMILES string of the molecule is CCC(C(=O)Nc1c(C(N)=O)sc2nc(C(F)(F)F)cc(-c3ccco3)c12)n1cc(Cl)cn1. The lowest BCUT2D eigenvalue weighted by atomic mass is 10.1. The second-order valence-electron chi connectivity index (χ2n) is 6.93. The number of carbonyl (C=O) groups excluding carboxylic acids is 2. The van der Waals surface area contributed by atoms with Crippen LogP contribution in [-0.4, -0.2) is 26.6 Å². The Morgan fingerprint density at radius 3 is 2.70 bits per heavy atom. The lowest BCUT2D eigenvalue weighted by Crippen LogP contribution is -2.27. The number of furan rings is 1. The van der Waals surface area contributed by atoms with Crippen LogP contribution in [0.5, 0.6) is 0 Å². The van der Waals surface area contributed by atoms with E-state index in [-0.39, 0.29) is 32.1 Å². The fourth-order valence-electron chi connectivity index (χ4n) is 3.35. The second kappa shape index (κ2) is 8.52. The standard InChI is InChI=1S/C20H15ClF3N5O3S/c1-2-11(29-8-9(21)7-26-29)18(31)28-15-14-10(12-4-3-5-32-12)6-13(20(22,23)24)27-19(14)33-16(15)17(25)30/h3-8,11H,2H2,1H3,(H2,25,30)(H,28,31). The van der Waals surface area contributed by atoms with Gasteiger partial charge in [0.2, 0.25) is 5.91 Å². The molecule has 8 nitrogen and oxygen atoms in total. The number of carbonyl (C=O) groups is 2. The van der Waals surface area contributed by atoms with E-state index >= 15 is 0 Å². The van der Waals surface area contributed by atoms with E-state index < -0.39 is 29.7 Å². The van der Waals surface area contributed by atoms with Gasteiger partial charge in [0.1, 0.15) is 27.2 Å². The van der Waals surface area contributed by atoms with Gasteiger partial charge in [-0.3, -0.25) is 14.3 Å². The average Bonchev–Trinajstić information content (AvgIpc) is 3.48. The van der Waals surface area contributed by atoms with E-state index in [9.17, 15) is 22.8 Å². The maximum Gasteiger partial charge on any atom is 0.433 e. The first-order valence-electron chi connectivity index (χ1n) is 9.49. The van der Waals surface area contributed by atoms with Crippen molar-refractivity contribution in [3.63, 3.8) is 0 Å². The molecule has 4 heterocycles. The molecule has 3 N–H and O–H groups in total. The minimum absolute atomic E-state index is 0.00607. The van der Waals surface area contributed by atoms with Gasteiger partial charge in [-0.15, -0.1) is 11.3 Å². The Labute approximate surface area is 193 Å². The first kappa shape index (κ1) is 22.8. The molecule has 0 aromatic carbocycles. The Hall–Kier alpha value is -3.38. The van der Waals surface area contributed by atoms with Gasteiger partial charge in [0.15, 0.2) is 0 Å². The molecule has 0 fully saturated rings. The number of aromatic nitrogens is 3. The van der Waals surface area contributed by atoms with Crippen molar-refractivity contribution in [2.45, 2.75) is 25.6 Å². The molecule has 0 saturated heterocycles. The first-order chi connectivity index (χ1) is 15.6. The van der Waals surface area contributed by atoms with Crippen molar-refractivity contribution in [1.29, 1.82) is 0 Å². The van der Waals surface area contributed by atoms with Crippen molar-refractivity contribution in [2.24, 2.45) is 5.73 Å². The summed E-state index contributed by atoms with van der Waals surface area (Å²) in [5, 5.41) is 7.11. The van der Waals surface area contributed by atoms with Crippen molar-refractivity contribution < 1.29 is 27.2 Å². The van der Waals surface area contributed by atoms with E-state index in [0.717, 1.165) is 6.07 Å². The summed E-state index contributed by atoms with van der Waals surface area (Å²) >= 11 is 6.55. The largest absolute Gasteiger partial charge is 0.464 e. The molecule has 0 bridgehead atoms. The number of pyridine rings is 1. The van der Waals surface area contributed by atoms with E-state index in [1.807, 2.05) is 0 Å². The average molecular weight is 498 g/mol. The summed E-state index contributed by atoms with van der Waals surface area (Å²) in [4.78, 5) is 28.6. The molecular formula is C20H15ClF3N5O3S. The maximum absolute atomic E-state index is 13.5. The second-order valence-corrected chi connectivity index (χ2v) is 8.37. The highest BCUT2D eigenvalue weighted by atomic mass is 35.5. The van der Waals surface area contributed by atoms with Crippen LogP contribution in [0, 0.1) is 0 Å². The van der Waals surface area contributed by atoms with Gasteiger partial charge in [0.25, 0.3) is 5.91 Å². The molecule has 0 aliphatic heterocycles. The zero-order valence-electron chi connectivity index (χ0n) is 16.8. The molecule has 2 amide bonds. The summed E-state index contributed by atoms with van der Waals surface area (Å²) < 4.78 is 47.1. The van der Waals surface area contributed by atoms with Crippen LogP contribution in [0.15, 0.2) is 41.3 Å². The Kier molecular flexibility index (Phi) is 5.89. The van der Waals surface area contributed by atoms with Crippen molar-refractivity contribution in [3.8, 4) is 11.3 Å². The lowest BCUT2D eigenvalue weighted by molar-refractivity contribution is -0.140. The smallest absolute Gasteiger partial charge is 0.433 e. The fraction of sp³-hybridized carbons (Fsp3) is 0.200. The molecule has 4 rings (SSSR count). The van der Waals surface area contributed by atoms with Crippen LogP contribution in [0.3, 0.4) is 0 Å². The number of fused-ring (bicyclic) bond motifs is 1. The Balaban J connectivity index is 1.90. The zero-order chi connectivity index (χ0) is 23.9. The van der Waals surface area contributed by atoms with E-state index in [2.05, 4.69) is 15.4 Å². The highest BCUT2D eigenvalue weighted by molar-refractivity contribution is 7.21. The van der Waals surface area contributed by atoms with Gasteiger partial charge >= 0.3 is 6.18 Å². The van der Waals surface area contributed by atoms with Crippen LogP contribution in [-0.2, 0) is 11.0 Å². The van der Waals surface area contributed by atoms with Gasteiger partial charge in [-0.25, -0.2) is 4.98 Å². The molecule has 13 heteroatoms. The Bertz CT molecular complexity index is 1350. The molecule has 1 unspecified atom stereocenters. The lowest BCUT2D eigenvalue weighted by Gasteiger charge is -2.16. The molecule has 0 aliphatic rings. The Morgan fingerprint density at radius 2 is 2.15 bits per heavy atom. The van der Waals surface area contributed by atoms with Crippen molar-refractivity contribution in [3.05, 3.63) is 52.4 Å². The maximum atomic E-state index is 13.5. The number of primary amides is 1. The third-order valence-electron chi connectivity index (χ3n) is 4.79. The number of rotatable bonds is 6. The normalized spacial score (nSPS) is 12.8. The van der Waals surface area contributed by atoms with Crippen LogP contribution < -0.4 is 11.1 Å². The van der Waals surface area contributed by atoms with Gasteiger partial charge in [-0.1, -0.05) is 18.5 Å². The van der Waals surface area contributed by atoms with Crippen molar-refractivity contribution >= 4 is 50.7 Å². The van der Waals surface area contributed by atoms with Crippen LogP contribution in [0.1, 0.15) is 34.8 Å². The van der Waals surface area contributed by atoms with Gasteiger partial charge in [-0.2, -0.15) is 18.3 Å². The third kappa shape index (κ3) is 4.31. The van der Waals surface area contributed by atoms with E-state index in [0.29, 0.717) is 22.8 Å². The van der Waals surface area contributed by atoms with E-state index in [1.54, 1.807) is 6.92 Å². The molecule has 0 spiro atoms. The third-order valence-corrected chi connectivity index (χ3v) is 6.08. The number of nitrogens with one attached hydrogen (secondary N) is 1. The summed E-state index contributed by atoms with van der Waals surface area (Å²) in [6, 6.07) is 2.97. The predicted molar refractivity (Wildman–Crippen MR) is 116 cm³/mol. The summed E-state index contributed by atoms with van der Waals surface area (Å²) in [5.74, 6) is -1.39. The van der Waals surface area contributed by atoms with Crippen molar-refractivity contribution in [1.82, 2.24) is 14.8 Å². The fourth-order valence-corrected chi connectivity index (χ4v) is 4.50. The number of hydrogen-bond acceptors (Lipinski definition) is 6. The van der Waals surface area contributed by atoms with Gasteiger partial charge in [0.05, 0.1) is 23.2 Å². The minimum atomic E-state index is -4.75.